The van der Waals surface area contributed by atoms with E-state index in [1.54, 1.807) is 0 Å². The maximum absolute atomic E-state index is 13.0. The molecule has 1 N–H and O–H groups in total. The fraction of sp³-hybridized carbons (Fsp3) is 0.880. The van der Waals surface area contributed by atoms with Crippen LogP contribution in [0.5, 0.6) is 0 Å². The summed E-state index contributed by atoms with van der Waals surface area (Å²) >= 11 is 0. The third-order valence-corrected chi connectivity index (χ3v) is 8.21. The average molecular weight is 494 g/mol. The summed E-state index contributed by atoms with van der Waals surface area (Å²) in [5.41, 5.74) is 3.45. The van der Waals surface area contributed by atoms with Gasteiger partial charge in [-0.1, -0.05) is 0 Å². The molecule has 198 valence electrons. The third-order valence-electron chi connectivity index (χ3n) is 8.21. The van der Waals surface area contributed by atoms with Crippen LogP contribution in [0.2, 0.25) is 0 Å². The Labute approximate surface area is 209 Å². The lowest BCUT2D eigenvalue weighted by Gasteiger charge is -2.53. The monoisotopic (exact) mass is 493 g/mol. The number of carbonyl (C=O) groups is 3. The second kappa shape index (κ2) is 11.3. The van der Waals surface area contributed by atoms with E-state index in [1.807, 2.05) is 35.5 Å². The molecule has 1 saturated carbocycles. The van der Waals surface area contributed by atoms with Gasteiger partial charge in [0.25, 0.3) is 0 Å². The molecule has 4 aliphatic rings. The summed E-state index contributed by atoms with van der Waals surface area (Å²) in [5, 5.41) is 2.07. The lowest BCUT2D eigenvalue weighted by molar-refractivity contribution is -0.133. The van der Waals surface area contributed by atoms with E-state index >= 15 is 0 Å². The van der Waals surface area contributed by atoms with Crippen molar-refractivity contribution < 1.29 is 23.9 Å². The Bertz CT molecular complexity index is 773. The normalized spacial score (nSPS) is 31.9. The minimum atomic E-state index is -0.326. The summed E-state index contributed by atoms with van der Waals surface area (Å²) in [7, 11) is 1.42. The number of nitrogens with one attached hydrogen (secondary N) is 1. The van der Waals surface area contributed by atoms with Crippen LogP contribution in [-0.2, 0) is 14.3 Å². The number of nitrogens with zero attached hydrogens (tertiary/aromatic N) is 4. The number of hydrogen-bond donors (Lipinski definition) is 1. The molecule has 1 aliphatic carbocycles. The fourth-order valence-corrected chi connectivity index (χ4v) is 6.49. The zero-order chi connectivity index (χ0) is 25.1. The Morgan fingerprint density at radius 1 is 0.971 bits per heavy atom. The number of rotatable bonds is 4. The quantitative estimate of drug-likeness (QED) is 0.642. The highest BCUT2D eigenvalue weighted by atomic mass is 16.6. The summed E-state index contributed by atoms with van der Waals surface area (Å²) in [5.74, 6) is 1.01. The lowest BCUT2D eigenvalue weighted by Crippen LogP contribution is -2.67. The molecule has 10 heteroatoms. The van der Waals surface area contributed by atoms with E-state index in [-0.39, 0.29) is 42.3 Å². The number of piperazine rings is 1. The number of piperidine rings is 1. The smallest absolute Gasteiger partial charge is 0.410 e. The van der Waals surface area contributed by atoms with Crippen molar-refractivity contribution >= 4 is 18.1 Å². The zero-order valence-electron chi connectivity index (χ0n) is 21.8. The number of fused-ring (bicyclic) bond motifs is 1. The van der Waals surface area contributed by atoms with E-state index < -0.39 is 0 Å². The van der Waals surface area contributed by atoms with Crippen LogP contribution >= 0.6 is 0 Å². The second-order valence-corrected chi connectivity index (χ2v) is 11.0. The van der Waals surface area contributed by atoms with Gasteiger partial charge < -0.3 is 19.3 Å². The van der Waals surface area contributed by atoms with Crippen LogP contribution in [0.3, 0.4) is 0 Å². The highest BCUT2D eigenvalue weighted by Gasteiger charge is 2.49. The predicted octanol–water partition coefficient (Wildman–Crippen LogP) is 2.29. The van der Waals surface area contributed by atoms with Crippen molar-refractivity contribution in [2.24, 2.45) is 11.8 Å². The van der Waals surface area contributed by atoms with Gasteiger partial charge in [0.05, 0.1) is 37.9 Å². The SMILES string of the molecule is COC(=O)N1C2CCC(C3CNN(CC(=O)N4CCCCC4)C3)CC2N(C(=O)OC(C)C)C[C@@H]1C. The average Bonchev–Trinajstić information content (AvgIpc) is 3.31. The number of methoxy groups -OCH3 is 1. The number of amides is 3. The first-order chi connectivity index (χ1) is 16.8. The molecular formula is C25H43N5O5. The van der Waals surface area contributed by atoms with Gasteiger partial charge in [-0.2, -0.15) is 0 Å². The fourth-order valence-electron chi connectivity index (χ4n) is 6.49. The summed E-state index contributed by atoms with van der Waals surface area (Å²) in [6.45, 7) is 9.95. The van der Waals surface area contributed by atoms with Crippen molar-refractivity contribution in [1.29, 1.82) is 0 Å². The van der Waals surface area contributed by atoms with Crippen LogP contribution in [0.15, 0.2) is 0 Å². The minimum absolute atomic E-state index is 0.0756. The van der Waals surface area contributed by atoms with E-state index in [0.717, 1.165) is 58.3 Å². The van der Waals surface area contributed by atoms with Gasteiger partial charge in [0.1, 0.15) is 0 Å². The highest BCUT2D eigenvalue weighted by molar-refractivity contribution is 5.78. The van der Waals surface area contributed by atoms with Gasteiger partial charge in [-0.3, -0.25) is 15.1 Å². The van der Waals surface area contributed by atoms with Crippen molar-refractivity contribution in [3.63, 3.8) is 0 Å². The molecule has 0 spiro atoms. The molecule has 0 aromatic rings. The Hall–Kier alpha value is -2.07. The molecular weight excluding hydrogens is 450 g/mol. The van der Waals surface area contributed by atoms with Crippen LogP contribution in [0.25, 0.3) is 0 Å². The Kier molecular flexibility index (Phi) is 8.42. The molecule has 35 heavy (non-hydrogen) atoms. The van der Waals surface area contributed by atoms with E-state index in [1.165, 1.54) is 13.5 Å². The topological polar surface area (TPSA) is 94.7 Å². The van der Waals surface area contributed by atoms with Crippen molar-refractivity contribution in [2.45, 2.75) is 83.5 Å². The second-order valence-electron chi connectivity index (χ2n) is 11.0. The van der Waals surface area contributed by atoms with Gasteiger partial charge in [0, 0.05) is 32.7 Å². The Balaban J connectivity index is 1.41. The standard InChI is InChI=1S/C25H43N5O5/c1-17(2)35-24(32)29-14-18(3)30(25(33)34-4)21-9-8-19(12-22(21)29)20-13-26-28(15-20)16-23(31)27-10-6-5-7-11-27/h17-22,26H,5-16H2,1-4H3/t18-,19?,20?,21?,22?/m0/s1. The maximum atomic E-state index is 13.0. The maximum Gasteiger partial charge on any atom is 0.410 e. The van der Waals surface area contributed by atoms with Crippen molar-refractivity contribution in [3.8, 4) is 0 Å². The van der Waals surface area contributed by atoms with Gasteiger partial charge in [0.2, 0.25) is 5.91 Å². The predicted molar refractivity (Wildman–Crippen MR) is 130 cm³/mol. The third kappa shape index (κ3) is 5.85. The first-order valence-electron chi connectivity index (χ1n) is 13.4. The minimum Gasteiger partial charge on any atom is -0.453 e. The number of hydrogen-bond acceptors (Lipinski definition) is 7. The van der Waals surface area contributed by atoms with Gasteiger partial charge >= 0.3 is 12.2 Å². The molecule has 10 nitrogen and oxygen atoms in total. The van der Waals surface area contributed by atoms with Crippen molar-refractivity contribution in [3.05, 3.63) is 0 Å². The van der Waals surface area contributed by atoms with Crippen molar-refractivity contribution in [2.75, 3.05) is 46.4 Å². The molecule has 4 rings (SSSR count). The molecule has 5 atom stereocenters. The molecule has 3 saturated heterocycles. The lowest BCUT2D eigenvalue weighted by atomic mass is 9.73. The summed E-state index contributed by atoms with van der Waals surface area (Å²) < 4.78 is 10.7. The molecule has 0 bridgehead atoms. The highest BCUT2D eigenvalue weighted by Crippen LogP contribution is 2.40. The number of carbonyl (C=O) groups excluding carboxylic acids is 3. The largest absolute Gasteiger partial charge is 0.453 e. The van der Waals surface area contributed by atoms with Gasteiger partial charge in [-0.05, 0) is 71.1 Å². The van der Waals surface area contributed by atoms with Crippen LogP contribution in [0, 0.1) is 11.8 Å². The molecule has 0 aromatic heterocycles. The number of ether oxygens (including phenoxy) is 2. The van der Waals surface area contributed by atoms with E-state index in [4.69, 9.17) is 9.47 Å². The Morgan fingerprint density at radius 2 is 1.71 bits per heavy atom. The van der Waals surface area contributed by atoms with E-state index in [9.17, 15) is 14.4 Å². The van der Waals surface area contributed by atoms with Crippen LogP contribution in [0.4, 0.5) is 9.59 Å². The molecule has 4 fully saturated rings. The van der Waals surface area contributed by atoms with E-state index in [0.29, 0.717) is 24.9 Å². The summed E-state index contributed by atoms with van der Waals surface area (Å²) in [6.07, 6.45) is 5.21. The number of likely N-dealkylation sites (tertiary alicyclic amines) is 1. The van der Waals surface area contributed by atoms with E-state index in [2.05, 4.69) is 10.4 Å². The van der Waals surface area contributed by atoms with Gasteiger partial charge in [-0.25, -0.2) is 14.6 Å². The van der Waals surface area contributed by atoms with Crippen molar-refractivity contribution in [1.82, 2.24) is 25.1 Å². The molecule has 3 heterocycles. The summed E-state index contributed by atoms with van der Waals surface area (Å²) in [6, 6.07) is -0.308. The first-order valence-corrected chi connectivity index (χ1v) is 13.4. The molecule has 3 aliphatic heterocycles. The zero-order valence-corrected chi connectivity index (χ0v) is 21.8. The molecule has 3 amide bonds. The summed E-state index contributed by atoms with van der Waals surface area (Å²) in [4.78, 5) is 44.0. The molecule has 4 unspecified atom stereocenters. The van der Waals surface area contributed by atoms with Crippen LogP contribution < -0.4 is 5.43 Å². The van der Waals surface area contributed by atoms with Gasteiger partial charge in [-0.15, -0.1) is 0 Å². The van der Waals surface area contributed by atoms with Gasteiger partial charge in [0.15, 0.2) is 0 Å². The van der Waals surface area contributed by atoms with Crippen LogP contribution in [0.1, 0.15) is 59.3 Å². The Morgan fingerprint density at radius 3 is 2.40 bits per heavy atom. The molecule has 0 aromatic carbocycles. The van der Waals surface area contributed by atoms with Crippen LogP contribution in [-0.4, -0.2) is 108 Å². The number of hydrazine groups is 1. The molecule has 0 radical (unpaired) electrons. The first kappa shape index (κ1) is 26.0.